The molecule has 10 heteroatoms. The minimum atomic E-state index is -0.737. The van der Waals surface area contributed by atoms with Crippen molar-refractivity contribution in [2.75, 3.05) is 18.0 Å². The normalized spacial score (nSPS) is 20.7. The monoisotopic (exact) mass is 372 g/mol. The first-order valence-electron chi connectivity index (χ1n) is 9.01. The highest BCUT2D eigenvalue weighted by Crippen LogP contribution is 2.31. The van der Waals surface area contributed by atoms with Gasteiger partial charge in [0.25, 0.3) is 0 Å². The first kappa shape index (κ1) is 17.8. The summed E-state index contributed by atoms with van der Waals surface area (Å²) < 4.78 is 6.47. The third-order valence-corrected chi connectivity index (χ3v) is 4.81. The fourth-order valence-electron chi connectivity index (χ4n) is 3.17. The van der Waals surface area contributed by atoms with Gasteiger partial charge in [0.1, 0.15) is 17.2 Å². The van der Waals surface area contributed by atoms with E-state index in [1.54, 1.807) is 4.68 Å². The molecule has 3 aromatic rings. The van der Waals surface area contributed by atoms with Crippen LogP contribution in [0.4, 0.5) is 5.82 Å². The van der Waals surface area contributed by atoms with Gasteiger partial charge < -0.3 is 10.0 Å². The second-order valence-corrected chi connectivity index (χ2v) is 8.50. The van der Waals surface area contributed by atoms with Gasteiger partial charge in [-0.2, -0.15) is 0 Å². The van der Waals surface area contributed by atoms with Gasteiger partial charge in [0, 0.05) is 18.5 Å². The molecule has 0 radical (unpaired) electrons. The standard InChI is InChI=1S/C17H24N8O2/c1-10-11(22-27-21-10)8-25-14-12(20-23-25)13(18-15(19-14)16(2,3)4)24-7-6-17(5,26)9-24/h26H,6-9H2,1-5H3. The van der Waals surface area contributed by atoms with Crippen molar-refractivity contribution in [2.24, 2.45) is 0 Å². The van der Waals surface area contributed by atoms with Gasteiger partial charge >= 0.3 is 0 Å². The van der Waals surface area contributed by atoms with Gasteiger partial charge in [-0.1, -0.05) is 36.3 Å². The van der Waals surface area contributed by atoms with Gasteiger partial charge in [-0.15, -0.1) is 5.10 Å². The number of aliphatic hydroxyl groups is 1. The van der Waals surface area contributed by atoms with Crippen molar-refractivity contribution >= 4 is 17.0 Å². The van der Waals surface area contributed by atoms with E-state index in [2.05, 4.69) is 46.3 Å². The SMILES string of the molecule is Cc1nonc1Cn1nnc2c(N3CCC(C)(O)C3)nc(C(C)(C)C)nc21. The van der Waals surface area contributed by atoms with Crippen LogP contribution in [0.1, 0.15) is 51.3 Å². The van der Waals surface area contributed by atoms with Crippen LogP contribution in [0.3, 0.4) is 0 Å². The molecular weight excluding hydrogens is 348 g/mol. The van der Waals surface area contributed by atoms with E-state index in [0.29, 0.717) is 60.2 Å². The Bertz CT molecular complexity index is 985. The smallest absolute Gasteiger partial charge is 0.184 e. The lowest BCUT2D eigenvalue weighted by Gasteiger charge is -2.23. The number of aromatic nitrogens is 7. The average molecular weight is 372 g/mol. The molecule has 10 nitrogen and oxygen atoms in total. The minimum absolute atomic E-state index is 0.244. The van der Waals surface area contributed by atoms with Crippen molar-refractivity contribution in [3.05, 3.63) is 17.2 Å². The molecule has 0 bridgehead atoms. The molecule has 0 amide bonds. The van der Waals surface area contributed by atoms with Crippen molar-refractivity contribution in [1.29, 1.82) is 0 Å². The van der Waals surface area contributed by atoms with Crippen LogP contribution >= 0.6 is 0 Å². The molecule has 0 spiro atoms. The highest BCUT2D eigenvalue weighted by molar-refractivity contribution is 5.83. The summed E-state index contributed by atoms with van der Waals surface area (Å²) in [4.78, 5) is 11.6. The van der Waals surface area contributed by atoms with E-state index in [0.717, 1.165) is 0 Å². The van der Waals surface area contributed by atoms with Crippen LogP contribution in [0.25, 0.3) is 11.2 Å². The van der Waals surface area contributed by atoms with E-state index >= 15 is 0 Å². The summed E-state index contributed by atoms with van der Waals surface area (Å²) in [7, 11) is 0. The molecule has 27 heavy (non-hydrogen) atoms. The fraction of sp³-hybridized carbons (Fsp3) is 0.647. The van der Waals surface area contributed by atoms with Gasteiger partial charge in [-0.25, -0.2) is 19.3 Å². The summed E-state index contributed by atoms with van der Waals surface area (Å²) in [5, 5.41) is 26.7. The lowest BCUT2D eigenvalue weighted by molar-refractivity contribution is 0.0839. The molecule has 0 aromatic carbocycles. The van der Waals surface area contributed by atoms with E-state index in [1.165, 1.54) is 0 Å². The molecule has 0 aliphatic carbocycles. The van der Waals surface area contributed by atoms with Crippen LogP contribution in [-0.4, -0.2) is 59.1 Å². The van der Waals surface area contributed by atoms with Gasteiger partial charge in [0.15, 0.2) is 17.0 Å². The van der Waals surface area contributed by atoms with Crippen molar-refractivity contribution in [3.63, 3.8) is 0 Å². The lowest BCUT2D eigenvalue weighted by Crippen LogP contribution is -2.31. The number of rotatable bonds is 3. The maximum absolute atomic E-state index is 10.4. The van der Waals surface area contributed by atoms with E-state index in [-0.39, 0.29) is 5.41 Å². The molecular formula is C17H24N8O2. The Labute approximate surface area is 156 Å². The van der Waals surface area contributed by atoms with Crippen LogP contribution in [-0.2, 0) is 12.0 Å². The Morgan fingerprint density at radius 1 is 1.22 bits per heavy atom. The van der Waals surface area contributed by atoms with Crippen LogP contribution in [0.15, 0.2) is 4.63 Å². The maximum Gasteiger partial charge on any atom is 0.184 e. The minimum Gasteiger partial charge on any atom is -0.388 e. The van der Waals surface area contributed by atoms with Crippen molar-refractivity contribution < 1.29 is 9.74 Å². The summed E-state index contributed by atoms with van der Waals surface area (Å²) in [5.74, 6) is 1.42. The molecule has 1 fully saturated rings. The third kappa shape index (κ3) is 3.25. The van der Waals surface area contributed by atoms with Crippen molar-refractivity contribution in [3.8, 4) is 0 Å². The summed E-state index contributed by atoms with van der Waals surface area (Å²) in [6.07, 6.45) is 0.682. The quantitative estimate of drug-likeness (QED) is 0.723. The third-order valence-electron chi connectivity index (χ3n) is 4.81. The molecule has 1 saturated heterocycles. The first-order chi connectivity index (χ1) is 12.6. The Balaban J connectivity index is 1.84. The number of fused-ring (bicyclic) bond motifs is 1. The van der Waals surface area contributed by atoms with Crippen LogP contribution in [0, 0.1) is 6.92 Å². The van der Waals surface area contributed by atoms with E-state index < -0.39 is 5.60 Å². The number of β-amino-alcohol motifs (C(OH)–C–C–N with tert-alkyl or cyclic N) is 1. The average Bonchev–Trinajstić information content (AvgIpc) is 3.26. The summed E-state index contributed by atoms with van der Waals surface area (Å²) in [6, 6.07) is 0. The van der Waals surface area contributed by atoms with Crippen LogP contribution < -0.4 is 4.90 Å². The van der Waals surface area contributed by atoms with Crippen LogP contribution in [0.5, 0.6) is 0 Å². The molecule has 1 N–H and O–H groups in total. The van der Waals surface area contributed by atoms with Crippen molar-refractivity contribution in [1.82, 2.24) is 35.3 Å². The zero-order chi connectivity index (χ0) is 19.4. The predicted octanol–water partition coefficient (Wildman–Crippen LogP) is 1.22. The van der Waals surface area contributed by atoms with Crippen molar-refractivity contribution in [2.45, 2.75) is 58.6 Å². The molecule has 1 unspecified atom stereocenters. The lowest BCUT2D eigenvalue weighted by atomic mass is 9.96. The number of nitrogens with zero attached hydrogens (tertiary/aromatic N) is 8. The predicted molar refractivity (Wildman–Crippen MR) is 97.4 cm³/mol. The summed E-state index contributed by atoms with van der Waals surface area (Å²) in [6.45, 7) is 11.5. The van der Waals surface area contributed by atoms with E-state index in [1.807, 2.05) is 13.8 Å². The molecule has 0 saturated carbocycles. The second kappa shape index (κ2) is 5.95. The molecule has 144 valence electrons. The molecule has 4 heterocycles. The zero-order valence-corrected chi connectivity index (χ0v) is 16.3. The Kier molecular flexibility index (Phi) is 3.91. The topological polar surface area (TPSA) is 119 Å². The van der Waals surface area contributed by atoms with Gasteiger partial charge in [-0.3, -0.25) is 0 Å². The largest absolute Gasteiger partial charge is 0.388 e. The second-order valence-electron chi connectivity index (χ2n) is 8.50. The van der Waals surface area contributed by atoms with Gasteiger partial charge in [0.05, 0.1) is 12.1 Å². The molecule has 4 rings (SSSR count). The molecule has 1 atom stereocenters. The van der Waals surface area contributed by atoms with Gasteiger partial charge in [-0.05, 0) is 20.3 Å². The number of aryl methyl sites for hydroxylation is 1. The van der Waals surface area contributed by atoms with Crippen LogP contribution in [0.2, 0.25) is 0 Å². The summed E-state index contributed by atoms with van der Waals surface area (Å²) in [5.41, 5.74) is 1.67. The molecule has 3 aromatic heterocycles. The first-order valence-corrected chi connectivity index (χ1v) is 9.01. The highest BCUT2D eigenvalue weighted by atomic mass is 16.6. The molecule has 1 aliphatic heterocycles. The van der Waals surface area contributed by atoms with E-state index in [4.69, 9.17) is 14.6 Å². The fourth-order valence-corrected chi connectivity index (χ4v) is 3.17. The zero-order valence-electron chi connectivity index (χ0n) is 16.3. The number of hydrogen-bond acceptors (Lipinski definition) is 9. The molecule has 1 aliphatic rings. The number of anilines is 1. The summed E-state index contributed by atoms with van der Waals surface area (Å²) >= 11 is 0. The Morgan fingerprint density at radius 3 is 2.59 bits per heavy atom. The number of hydrogen-bond donors (Lipinski definition) is 1. The highest BCUT2D eigenvalue weighted by Gasteiger charge is 2.35. The Hall–Kier alpha value is -2.62. The Morgan fingerprint density at radius 2 is 2.00 bits per heavy atom. The van der Waals surface area contributed by atoms with Gasteiger partial charge in [0.2, 0.25) is 0 Å². The maximum atomic E-state index is 10.4. The van der Waals surface area contributed by atoms with E-state index in [9.17, 15) is 5.11 Å².